The van der Waals surface area contributed by atoms with E-state index < -0.39 is 0 Å². The van der Waals surface area contributed by atoms with Crippen LogP contribution in [0, 0.1) is 6.92 Å². The van der Waals surface area contributed by atoms with E-state index in [2.05, 4.69) is 65.8 Å². The number of rotatable bonds is 9. The van der Waals surface area contributed by atoms with Crippen LogP contribution in [0.1, 0.15) is 23.7 Å². The van der Waals surface area contributed by atoms with Gasteiger partial charge in [0.2, 0.25) is 0 Å². The maximum absolute atomic E-state index is 9.27. The Morgan fingerprint density at radius 2 is 1.85 bits per heavy atom. The summed E-state index contributed by atoms with van der Waals surface area (Å²) < 4.78 is 7.88. The third-order valence-corrected chi connectivity index (χ3v) is 5.39. The molecule has 1 aromatic heterocycles. The van der Waals surface area contributed by atoms with Gasteiger partial charge >= 0.3 is 0 Å². The zero-order valence-electron chi connectivity index (χ0n) is 16.6. The van der Waals surface area contributed by atoms with E-state index >= 15 is 0 Å². The summed E-state index contributed by atoms with van der Waals surface area (Å²) in [5.74, 6) is 0.892. The van der Waals surface area contributed by atoms with Crippen molar-refractivity contribution in [2.45, 2.75) is 26.8 Å². The molecule has 3 rings (SSSR count). The van der Waals surface area contributed by atoms with Crippen LogP contribution in [0.25, 0.3) is 10.9 Å². The standard InChI is InChI=1S/C23H30N2O2/c1-4-24(14-15-26)13-12-21-18(2)25(17-19-8-6-5-7-9-19)23-11-10-20(27-3)16-22(21)23/h5-11,16,26H,4,12-15,17H2,1-3H3. The zero-order valence-corrected chi connectivity index (χ0v) is 16.6. The maximum atomic E-state index is 9.27. The second kappa shape index (κ2) is 9.07. The molecule has 0 fully saturated rings. The van der Waals surface area contributed by atoms with Gasteiger partial charge in [0.25, 0.3) is 0 Å². The Bertz CT molecular complexity index is 871. The van der Waals surface area contributed by atoms with Crippen molar-refractivity contribution < 1.29 is 9.84 Å². The average molecular weight is 367 g/mol. The summed E-state index contributed by atoms with van der Waals surface area (Å²) in [5, 5.41) is 10.5. The van der Waals surface area contributed by atoms with Crippen molar-refractivity contribution in [1.29, 1.82) is 0 Å². The molecule has 0 aliphatic carbocycles. The minimum absolute atomic E-state index is 0.205. The van der Waals surface area contributed by atoms with Gasteiger partial charge in [0.15, 0.2) is 0 Å². The van der Waals surface area contributed by atoms with Crippen LogP contribution < -0.4 is 4.74 Å². The van der Waals surface area contributed by atoms with Gasteiger partial charge < -0.3 is 19.3 Å². The lowest BCUT2D eigenvalue weighted by Gasteiger charge is -2.19. The minimum Gasteiger partial charge on any atom is -0.497 e. The third-order valence-electron chi connectivity index (χ3n) is 5.39. The fraction of sp³-hybridized carbons (Fsp3) is 0.391. The number of likely N-dealkylation sites (N-methyl/N-ethyl adjacent to an activating group) is 1. The molecule has 0 amide bonds. The first-order chi connectivity index (χ1) is 13.2. The van der Waals surface area contributed by atoms with E-state index in [1.807, 2.05) is 6.07 Å². The first kappa shape index (κ1) is 19.5. The largest absolute Gasteiger partial charge is 0.497 e. The molecule has 1 N–H and O–H groups in total. The van der Waals surface area contributed by atoms with E-state index in [0.29, 0.717) is 0 Å². The smallest absolute Gasteiger partial charge is 0.119 e. The van der Waals surface area contributed by atoms with Gasteiger partial charge in [-0.25, -0.2) is 0 Å². The van der Waals surface area contributed by atoms with Crippen molar-refractivity contribution in [3.8, 4) is 5.75 Å². The fourth-order valence-corrected chi connectivity index (χ4v) is 3.78. The molecule has 144 valence electrons. The summed E-state index contributed by atoms with van der Waals surface area (Å²) in [6.07, 6.45) is 0.963. The Kier molecular flexibility index (Phi) is 6.54. The lowest BCUT2D eigenvalue weighted by atomic mass is 10.1. The number of fused-ring (bicyclic) bond motifs is 1. The topological polar surface area (TPSA) is 37.6 Å². The van der Waals surface area contributed by atoms with Gasteiger partial charge in [0.05, 0.1) is 13.7 Å². The number of aliphatic hydroxyl groups excluding tert-OH is 1. The summed E-state index contributed by atoms with van der Waals surface area (Å²) in [4.78, 5) is 2.29. The van der Waals surface area contributed by atoms with E-state index in [9.17, 15) is 5.11 Å². The number of aliphatic hydroxyl groups is 1. The first-order valence-electron chi connectivity index (χ1n) is 9.70. The number of methoxy groups -OCH3 is 1. The van der Waals surface area contributed by atoms with E-state index in [4.69, 9.17) is 4.74 Å². The van der Waals surface area contributed by atoms with Crippen LogP contribution in [-0.2, 0) is 13.0 Å². The van der Waals surface area contributed by atoms with Crippen LogP contribution in [0.3, 0.4) is 0 Å². The highest BCUT2D eigenvalue weighted by molar-refractivity contribution is 5.87. The molecule has 0 unspecified atom stereocenters. The molecule has 27 heavy (non-hydrogen) atoms. The SMILES string of the molecule is CCN(CCO)CCc1c(C)n(Cc2ccccc2)c2ccc(OC)cc12. The first-order valence-corrected chi connectivity index (χ1v) is 9.70. The van der Waals surface area contributed by atoms with E-state index in [0.717, 1.165) is 38.3 Å². The van der Waals surface area contributed by atoms with Gasteiger partial charge in [-0.2, -0.15) is 0 Å². The fourth-order valence-electron chi connectivity index (χ4n) is 3.78. The van der Waals surface area contributed by atoms with Crippen LogP contribution in [0.4, 0.5) is 0 Å². The number of aromatic nitrogens is 1. The zero-order chi connectivity index (χ0) is 19.2. The van der Waals surface area contributed by atoms with Gasteiger partial charge in [0, 0.05) is 36.2 Å². The molecular formula is C23H30N2O2. The van der Waals surface area contributed by atoms with Gasteiger partial charge in [-0.15, -0.1) is 0 Å². The van der Waals surface area contributed by atoms with Crippen LogP contribution in [0.5, 0.6) is 5.75 Å². The van der Waals surface area contributed by atoms with Crippen molar-refractivity contribution in [3.05, 3.63) is 65.4 Å². The molecule has 1 heterocycles. The molecule has 0 aliphatic rings. The Labute approximate surface area is 162 Å². The molecule has 0 spiro atoms. The van der Waals surface area contributed by atoms with Gasteiger partial charge in [-0.05, 0) is 49.2 Å². The number of benzene rings is 2. The summed E-state index contributed by atoms with van der Waals surface area (Å²) in [6, 6.07) is 16.9. The van der Waals surface area contributed by atoms with E-state index in [-0.39, 0.29) is 6.61 Å². The molecule has 0 aliphatic heterocycles. The van der Waals surface area contributed by atoms with Crippen molar-refractivity contribution in [2.24, 2.45) is 0 Å². The van der Waals surface area contributed by atoms with Crippen LogP contribution in [0.2, 0.25) is 0 Å². The second-order valence-corrected chi connectivity index (χ2v) is 6.93. The monoisotopic (exact) mass is 366 g/mol. The predicted molar refractivity (Wildman–Crippen MR) is 112 cm³/mol. The van der Waals surface area contributed by atoms with Crippen LogP contribution in [0.15, 0.2) is 48.5 Å². The molecule has 4 nitrogen and oxygen atoms in total. The lowest BCUT2D eigenvalue weighted by Crippen LogP contribution is -2.28. The highest BCUT2D eigenvalue weighted by Gasteiger charge is 2.16. The van der Waals surface area contributed by atoms with Gasteiger partial charge in [0.1, 0.15) is 5.75 Å². The van der Waals surface area contributed by atoms with Crippen LogP contribution in [-0.4, -0.2) is 47.9 Å². The van der Waals surface area contributed by atoms with Crippen molar-refractivity contribution in [2.75, 3.05) is 33.4 Å². The molecule has 2 aromatic carbocycles. The molecule has 3 aromatic rings. The molecule has 4 heteroatoms. The summed E-state index contributed by atoms with van der Waals surface area (Å²) >= 11 is 0. The summed E-state index contributed by atoms with van der Waals surface area (Å²) in [5.41, 5.74) is 5.23. The Balaban J connectivity index is 1.99. The molecule has 0 atom stereocenters. The quantitative estimate of drug-likeness (QED) is 0.625. The second-order valence-electron chi connectivity index (χ2n) is 6.93. The van der Waals surface area contributed by atoms with Gasteiger partial charge in [-0.3, -0.25) is 0 Å². The molecule has 0 saturated carbocycles. The summed E-state index contributed by atoms with van der Waals surface area (Å²) in [7, 11) is 1.72. The highest BCUT2D eigenvalue weighted by Crippen LogP contribution is 2.30. The Morgan fingerprint density at radius 1 is 1.07 bits per heavy atom. The van der Waals surface area contributed by atoms with E-state index in [1.54, 1.807) is 7.11 Å². The van der Waals surface area contributed by atoms with Gasteiger partial charge in [-0.1, -0.05) is 37.3 Å². The lowest BCUT2D eigenvalue weighted by molar-refractivity contribution is 0.203. The van der Waals surface area contributed by atoms with Crippen molar-refractivity contribution in [1.82, 2.24) is 9.47 Å². The Morgan fingerprint density at radius 3 is 2.52 bits per heavy atom. The number of nitrogens with zero attached hydrogens (tertiary/aromatic N) is 2. The third kappa shape index (κ3) is 4.34. The highest BCUT2D eigenvalue weighted by atomic mass is 16.5. The molecule has 0 radical (unpaired) electrons. The minimum atomic E-state index is 0.205. The maximum Gasteiger partial charge on any atom is 0.119 e. The average Bonchev–Trinajstić information content (AvgIpc) is 2.96. The molecule has 0 saturated heterocycles. The molecule has 0 bridgehead atoms. The Hall–Kier alpha value is -2.30. The number of hydrogen-bond donors (Lipinski definition) is 1. The van der Waals surface area contributed by atoms with Crippen molar-refractivity contribution >= 4 is 10.9 Å². The summed E-state index contributed by atoms with van der Waals surface area (Å²) in [6.45, 7) is 8.05. The van der Waals surface area contributed by atoms with E-state index in [1.165, 1.54) is 27.7 Å². The predicted octanol–water partition coefficient (Wildman–Crippen LogP) is 3.86. The van der Waals surface area contributed by atoms with Crippen LogP contribution >= 0.6 is 0 Å². The normalized spacial score (nSPS) is 11.4. The van der Waals surface area contributed by atoms with Crippen molar-refractivity contribution in [3.63, 3.8) is 0 Å². The number of ether oxygens (including phenoxy) is 1. The number of hydrogen-bond acceptors (Lipinski definition) is 3. The molecular weight excluding hydrogens is 336 g/mol.